The number of likely N-dealkylation sites (N-methyl/N-ethyl adjacent to an activating group) is 1. The molecule has 3 aromatic carbocycles. The Balaban J connectivity index is 1.70. The molecule has 1 amide bonds. The molecule has 0 bridgehead atoms. The van der Waals surface area contributed by atoms with Gasteiger partial charge in [-0.15, -0.1) is 0 Å². The molecule has 3 aromatic rings. The van der Waals surface area contributed by atoms with Crippen molar-refractivity contribution in [1.82, 2.24) is 4.90 Å². The van der Waals surface area contributed by atoms with Crippen molar-refractivity contribution in [3.05, 3.63) is 89.0 Å². The molecule has 0 aromatic heterocycles. The van der Waals surface area contributed by atoms with E-state index in [9.17, 15) is 4.79 Å². The van der Waals surface area contributed by atoms with Gasteiger partial charge in [0, 0.05) is 13.6 Å². The third kappa shape index (κ3) is 3.83. The molecule has 154 valence electrons. The third-order valence-corrected chi connectivity index (χ3v) is 5.45. The lowest BCUT2D eigenvalue weighted by atomic mass is 9.83. The van der Waals surface area contributed by atoms with Crippen LogP contribution in [-0.4, -0.2) is 32.1 Å². The first-order chi connectivity index (χ1) is 14.6. The molecule has 1 unspecified atom stereocenters. The normalized spacial score (nSPS) is 15.5. The van der Waals surface area contributed by atoms with E-state index in [1.54, 1.807) is 19.1 Å². The van der Waals surface area contributed by atoms with E-state index in [1.165, 1.54) is 0 Å². The number of fused-ring (bicyclic) bond motifs is 1. The van der Waals surface area contributed by atoms with Gasteiger partial charge >= 0.3 is 0 Å². The maximum atomic E-state index is 13.1. The first-order valence-corrected chi connectivity index (χ1v) is 9.87. The lowest BCUT2D eigenvalue weighted by Gasteiger charge is -2.33. The summed E-state index contributed by atoms with van der Waals surface area (Å²) in [6, 6.07) is 21.6. The molecule has 0 saturated carbocycles. The van der Waals surface area contributed by atoms with Crippen LogP contribution in [0.25, 0.3) is 0 Å². The highest BCUT2D eigenvalue weighted by atomic mass is 16.5. The first kappa shape index (κ1) is 19.8. The van der Waals surface area contributed by atoms with Crippen LogP contribution in [0, 0.1) is 0 Å². The van der Waals surface area contributed by atoms with Gasteiger partial charge in [0.1, 0.15) is 12.4 Å². The summed E-state index contributed by atoms with van der Waals surface area (Å²) < 4.78 is 16.9. The molecule has 0 saturated heterocycles. The minimum Gasteiger partial charge on any atom is -0.497 e. The highest BCUT2D eigenvalue weighted by molar-refractivity contribution is 5.89. The minimum atomic E-state index is -0.387. The summed E-state index contributed by atoms with van der Waals surface area (Å²) in [4.78, 5) is 14.8. The molecular formula is C25H25NO4. The molecule has 1 heterocycles. The number of amides is 1. The maximum absolute atomic E-state index is 13.1. The van der Waals surface area contributed by atoms with Crippen LogP contribution in [-0.2, 0) is 17.9 Å². The Bertz CT molecular complexity index is 1030. The fourth-order valence-electron chi connectivity index (χ4n) is 3.84. The van der Waals surface area contributed by atoms with Crippen molar-refractivity contribution in [3.63, 3.8) is 0 Å². The largest absolute Gasteiger partial charge is 0.497 e. The van der Waals surface area contributed by atoms with Crippen LogP contribution in [0.4, 0.5) is 0 Å². The zero-order chi connectivity index (χ0) is 21.1. The molecule has 30 heavy (non-hydrogen) atoms. The molecule has 0 spiro atoms. The molecule has 1 aliphatic rings. The quantitative estimate of drug-likeness (QED) is 0.613. The van der Waals surface area contributed by atoms with Crippen LogP contribution < -0.4 is 14.2 Å². The van der Waals surface area contributed by atoms with Gasteiger partial charge in [0.25, 0.3) is 0 Å². The zero-order valence-electron chi connectivity index (χ0n) is 17.4. The van der Waals surface area contributed by atoms with E-state index >= 15 is 0 Å². The van der Waals surface area contributed by atoms with Gasteiger partial charge in [0.15, 0.2) is 11.5 Å². The second-order valence-electron chi connectivity index (χ2n) is 7.38. The summed E-state index contributed by atoms with van der Waals surface area (Å²) in [5, 5.41) is 0. The summed E-state index contributed by atoms with van der Waals surface area (Å²) in [7, 11) is 5.08. The Hall–Kier alpha value is -3.47. The number of carbonyl (C=O) groups is 1. The monoisotopic (exact) mass is 403 g/mol. The average Bonchev–Trinajstić information content (AvgIpc) is 2.79. The Morgan fingerprint density at radius 2 is 1.67 bits per heavy atom. The molecule has 0 N–H and O–H groups in total. The summed E-state index contributed by atoms with van der Waals surface area (Å²) in [6.45, 7) is 0.985. The molecule has 5 heteroatoms. The first-order valence-electron chi connectivity index (χ1n) is 9.87. The van der Waals surface area contributed by atoms with Gasteiger partial charge in [-0.2, -0.15) is 0 Å². The van der Waals surface area contributed by atoms with Gasteiger partial charge in [-0.25, -0.2) is 0 Å². The Morgan fingerprint density at radius 3 is 2.33 bits per heavy atom. The summed E-state index contributed by atoms with van der Waals surface area (Å²) in [5.41, 5.74) is 4.02. The molecule has 0 radical (unpaired) electrons. The molecule has 1 atom stereocenters. The Morgan fingerprint density at radius 1 is 0.933 bits per heavy atom. The van der Waals surface area contributed by atoms with Crippen molar-refractivity contribution >= 4 is 5.91 Å². The van der Waals surface area contributed by atoms with Gasteiger partial charge in [-0.1, -0.05) is 42.5 Å². The molecule has 1 aliphatic heterocycles. The van der Waals surface area contributed by atoms with Crippen molar-refractivity contribution in [1.29, 1.82) is 0 Å². The second-order valence-corrected chi connectivity index (χ2v) is 7.38. The molecule has 4 rings (SSSR count). The molecule has 0 aliphatic carbocycles. The van der Waals surface area contributed by atoms with Crippen molar-refractivity contribution in [3.8, 4) is 17.2 Å². The van der Waals surface area contributed by atoms with Gasteiger partial charge in [0.05, 0.1) is 20.1 Å². The highest BCUT2D eigenvalue weighted by Crippen LogP contribution is 2.41. The lowest BCUT2D eigenvalue weighted by Crippen LogP contribution is -2.37. The predicted octanol–water partition coefficient (Wildman–Crippen LogP) is 4.39. The van der Waals surface area contributed by atoms with E-state index in [1.807, 2.05) is 73.8 Å². The third-order valence-electron chi connectivity index (χ3n) is 5.45. The van der Waals surface area contributed by atoms with E-state index in [4.69, 9.17) is 14.2 Å². The number of hydrogen-bond donors (Lipinski definition) is 0. The van der Waals surface area contributed by atoms with E-state index in [0.717, 1.165) is 28.0 Å². The van der Waals surface area contributed by atoms with Crippen molar-refractivity contribution in [2.75, 3.05) is 21.3 Å². The predicted molar refractivity (Wildman–Crippen MR) is 115 cm³/mol. The van der Waals surface area contributed by atoms with E-state index in [2.05, 4.69) is 0 Å². The number of rotatable bonds is 6. The maximum Gasteiger partial charge on any atom is 0.234 e. The topological polar surface area (TPSA) is 48.0 Å². The highest BCUT2D eigenvalue weighted by Gasteiger charge is 2.34. The number of hydrogen-bond acceptors (Lipinski definition) is 4. The number of methoxy groups -OCH3 is 2. The fraction of sp³-hybridized carbons (Fsp3) is 0.240. The molecule has 5 nitrogen and oxygen atoms in total. The fourth-order valence-corrected chi connectivity index (χ4v) is 3.84. The van der Waals surface area contributed by atoms with Crippen LogP contribution in [0.3, 0.4) is 0 Å². The SMILES string of the molecule is COc1ccc(C2C(=O)N(C)Cc3cc(OCc4ccccc4)c(OC)cc32)cc1. The van der Waals surface area contributed by atoms with E-state index < -0.39 is 0 Å². The van der Waals surface area contributed by atoms with Gasteiger partial charge in [-0.3, -0.25) is 4.79 Å². The standard InChI is InChI=1S/C25H25NO4/c1-26-15-19-13-23(30-16-17-7-5-4-6-8-17)22(29-3)14-21(19)24(25(26)27)18-9-11-20(28-2)12-10-18/h4-14,24H,15-16H2,1-3H3. The lowest BCUT2D eigenvalue weighted by molar-refractivity contribution is -0.131. The number of nitrogens with zero attached hydrogens (tertiary/aromatic N) is 1. The Labute approximate surface area is 176 Å². The van der Waals surface area contributed by atoms with Crippen LogP contribution in [0.2, 0.25) is 0 Å². The number of benzene rings is 3. The van der Waals surface area contributed by atoms with E-state index in [0.29, 0.717) is 24.7 Å². The van der Waals surface area contributed by atoms with Gasteiger partial charge in [-0.05, 0) is 46.5 Å². The van der Waals surface area contributed by atoms with Gasteiger partial charge in [0.2, 0.25) is 5.91 Å². The van der Waals surface area contributed by atoms with Crippen molar-refractivity contribution in [2.45, 2.75) is 19.1 Å². The van der Waals surface area contributed by atoms with Crippen molar-refractivity contribution in [2.24, 2.45) is 0 Å². The Kier molecular flexibility index (Phi) is 5.61. The molecular weight excluding hydrogens is 378 g/mol. The summed E-state index contributed by atoms with van der Waals surface area (Å²) >= 11 is 0. The molecule has 0 fully saturated rings. The van der Waals surface area contributed by atoms with Crippen LogP contribution in [0.5, 0.6) is 17.2 Å². The van der Waals surface area contributed by atoms with Crippen LogP contribution in [0.1, 0.15) is 28.2 Å². The second kappa shape index (κ2) is 8.49. The minimum absolute atomic E-state index is 0.0627. The van der Waals surface area contributed by atoms with Crippen molar-refractivity contribution < 1.29 is 19.0 Å². The zero-order valence-corrected chi connectivity index (χ0v) is 17.4. The van der Waals surface area contributed by atoms with Gasteiger partial charge < -0.3 is 19.1 Å². The average molecular weight is 403 g/mol. The number of carbonyl (C=O) groups excluding carboxylic acids is 1. The van der Waals surface area contributed by atoms with Crippen LogP contribution in [0.15, 0.2) is 66.7 Å². The van der Waals surface area contributed by atoms with Crippen LogP contribution >= 0.6 is 0 Å². The summed E-state index contributed by atoms with van der Waals surface area (Å²) in [5.74, 6) is 1.74. The smallest absolute Gasteiger partial charge is 0.234 e. The number of ether oxygens (including phenoxy) is 3. The summed E-state index contributed by atoms with van der Waals surface area (Å²) in [6.07, 6.45) is 0. The van der Waals surface area contributed by atoms with E-state index in [-0.39, 0.29) is 11.8 Å².